The van der Waals surface area contributed by atoms with Crippen LogP contribution in [0.2, 0.25) is 0 Å². The lowest BCUT2D eigenvalue weighted by atomic mass is 9.99. The number of carbonyl (C=O) groups excluding carboxylic acids is 6. The minimum atomic E-state index is -0.839. The molecule has 11 nitrogen and oxygen atoms in total. The number of hydrogen-bond donors (Lipinski definition) is 4. The molecule has 0 aromatic heterocycles. The van der Waals surface area contributed by atoms with Crippen LogP contribution in [-0.2, 0) is 33.5 Å². The zero-order valence-corrected chi connectivity index (χ0v) is 22.0. The average molecular weight is 499 g/mol. The molecular weight excluding hydrogens is 456 g/mol. The van der Waals surface area contributed by atoms with Crippen molar-refractivity contribution < 1.29 is 33.5 Å². The largest absolute Gasteiger partial charge is 0.364 e. The van der Waals surface area contributed by atoms with Gasteiger partial charge in [0.15, 0.2) is 11.6 Å². The van der Waals surface area contributed by atoms with Crippen LogP contribution in [0.4, 0.5) is 0 Å². The number of rotatable bonds is 17. The molecule has 0 rings (SSSR count). The molecule has 35 heavy (non-hydrogen) atoms. The van der Waals surface area contributed by atoms with E-state index in [9.17, 15) is 28.8 Å². The van der Waals surface area contributed by atoms with Crippen LogP contribution in [0, 0.1) is 17.8 Å². The van der Waals surface area contributed by atoms with E-state index >= 15 is 0 Å². The van der Waals surface area contributed by atoms with Gasteiger partial charge in [-0.05, 0) is 19.8 Å². The van der Waals surface area contributed by atoms with Gasteiger partial charge >= 0.3 is 0 Å². The molecule has 0 fully saturated rings. The van der Waals surface area contributed by atoms with Gasteiger partial charge in [0, 0.05) is 37.8 Å². The Morgan fingerprint density at radius 3 is 1.80 bits per heavy atom. The first kappa shape index (κ1) is 32.2. The van der Waals surface area contributed by atoms with Crippen molar-refractivity contribution in [1.82, 2.24) is 21.3 Å². The second-order valence-electron chi connectivity index (χ2n) is 9.44. The molecule has 0 heterocycles. The quantitative estimate of drug-likeness (QED) is 0.207. The molecule has 0 aliphatic rings. The molecule has 200 valence electrons. The molecular formula is C24H42N4O7. The molecule has 0 saturated heterocycles. The van der Waals surface area contributed by atoms with Crippen molar-refractivity contribution in [3.8, 4) is 0 Å². The fourth-order valence-electron chi connectivity index (χ4n) is 2.75. The highest BCUT2D eigenvalue weighted by atomic mass is 16.5. The standard InChI is InChI=1S/C24H42N4O7/c1-14(2)10-21(31)25-8-9-26-24(34)18(7)28-23(33)16(5)11-19(29)17(6)27-22(32)13-35-12-20(30)15(3)4/h14-18H,8-13H2,1-7H3,(H,25,31)(H,26,34)(H,27,32)(H,28,33). The van der Waals surface area contributed by atoms with Crippen LogP contribution in [0.5, 0.6) is 0 Å². The Labute approximate surface area is 207 Å². The van der Waals surface area contributed by atoms with Crippen molar-refractivity contribution in [3.63, 3.8) is 0 Å². The molecule has 4 N–H and O–H groups in total. The number of nitrogens with one attached hydrogen (secondary N) is 4. The normalized spacial score (nSPS) is 13.5. The predicted molar refractivity (Wildman–Crippen MR) is 130 cm³/mol. The van der Waals surface area contributed by atoms with E-state index < -0.39 is 35.7 Å². The summed E-state index contributed by atoms with van der Waals surface area (Å²) in [6.07, 6.45) is 0.280. The summed E-state index contributed by atoms with van der Waals surface area (Å²) in [7, 11) is 0. The Hall–Kier alpha value is -2.82. The molecule has 11 heteroatoms. The van der Waals surface area contributed by atoms with Crippen molar-refractivity contribution in [2.75, 3.05) is 26.3 Å². The molecule has 0 radical (unpaired) electrons. The van der Waals surface area contributed by atoms with Crippen molar-refractivity contribution >= 4 is 35.2 Å². The van der Waals surface area contributed by atoms with E-state index in [0.29, 0.717) is 6.42 Å². The Kier molecular flexibility index (Phi) is 15.4. The van der Waals surface area contributed by atoms with Crippen LogP contribution in [0.1, 0.15) is 61.3 Å². The van der Waals surface area contributed by atoms with Crippen molar-refractivity contribution in [2.24, 2.45) is 17.8 Å². The summed E-state index contributed by atoms with van der Waals surface area (Å²) in [6.45, 7) is 11.9. The third-order valence-electron chi connectivity index (χ3n) is 5.03. The first-order valence-corrected chi connectivity index (χ1v) is 12.0. The fourth-order valence-corrected chi connectivity index (χ4v) is 2.75. The Balaban J connectivity index is 4.31. The maximum Gasteiger partial charge on any atom is 0.246 e. The highest BCUT2D eigenvalue weighted by Gasteiger charge is 2.24. The summed E-state index contributed by atoms with van der Waals surface area (Å²) in [5.41, 5.74) is 0. The van der Waals surface area contributed by atoms with Crippen LogP contribution in [0.25, 0.3) is 0 Å². The second kappa shape index (κ2) is 16.7. The third-order valence-corrected chi connectivity index (χ3v) is 5.03. The molecule has 0 aromatic carbocycles. The monoisotopic (exact) mass is 498 g/mol. The Morgan fingerprint density at radius 1 is 0.629 bits per heavy atom. The first-order chi connectivity index (χ1) is 16.2. The summed E-state index contributed by atoms with van der Waals surface area (Å²) in [5, 5.41) is 10.4. The number of ether oxygens (including phenoxy) is 1. The van der Waals surface area contributed by atoms with Gasteiger partial charge in [0.25, 0.3) is 0 Å². The van der Waals surface area contributed by atoms with Crippen LogP contribution in [0.3, 0.4) is 0 Å². The van der Waals surface area contributed by atoms with Crippen LogP contribution in [0.15, 0.2) is 0 Å². The molecule has 3 unspecified atom stereocenters. The van der Waals surface area contributed by atoms with E-state index in [2.05, 4.69) is 21.3 Å². The number of carbonyl (C=O) groups is 6. The Bertz CT molecular complexity index is 752. The average Bonchev–Trinajstić information content (AvgIpc) is 2.75. The molecule has 3 atom stereocenters. The minimum Gasteiger partial charge on any atom is -0.364 e. The van der Waals surface area contributed by atoms with E-state index in [-0.39, 0.29) is 62.0 Å². The van der Waals surface area contributed by atoms with Gasteiger partial charge in [-0.15, -0.1) is 0 Å². The summed E-state index contributed by atoms with van der Waals surface area (Å²) >= 11 is 0. The Morgan fingerprint density at radius 2 is 1.23 bits per heavy atom. The van der Waals surface area contributed by atoms with Gasteiger partial charge in [0.05, 0.1) is 6.04 Å². The molecule has 0 aliphatic carbocycles. The molecule has 0 aromatic rings. The molecule has 4 amide bonds. The molecule has 0 bridgehead atoms. The van der Waals surface area contributed by atoms with Crippen LogP contribution >= 0.6 is 0 Å². The number of hydrogen-bond acceptors (Lipinski definition) is 7. The van der Waals surface area contributed by atoms with Gasteiger partial charge in [0.1, 0.15) is 19.3 Å². The van der Waals surface area contributed by atoms with Gasteiger partial charge in [-0.2, -0.15) is 0 Å². The maximum atomic E-state index is 12.4. The summed E-state index contributed by atoms with van der Waals surface area (Å²) < 4.78 is 5.05. The van der Waals surface area contributed by atoms with Crippen molar-refractivity contribution in [2.45, 2.75) is 73.4 Å². The van der Waals surface area contributed by atoms with Crippen LogP contribution < -0.4 is 21.3 Å². The van der Waals surface area contributed by atoms with E-state index in [4.69, 9.17) is 4.74 Å². The van der Waals surface area contributed by atoms with E-state index in [1.807, 2.05) is 13.8 Å². The lowest BCUT2D eigenvalue weighted by Crippen LogP contribution is -2.48. The van der Waals surface area contributed by atoms with Gasteiger partial charge in [-0.3, -0.25) is 28.8 Å². The van der Waals surface area contributed by atoms with Crippen LogP contribution in [-0.4, -0.2) is 73.6 Å². The van der Waals surface area contributed by atoms with Gasteiger partial charge in [-0.25, -0.2) is 0 Å². The predicted octanol–water partition coefficient (Wildman–Crippen LogP) is 0.111. The van der Waals surface area contributed by atoms with Crippen molar-refractivity contribution in [3.05, 3.63) is 0 Å². The van der Waals surface area contributed by atoms with Gasteiger partial charge in [-0.1, -0.05) is 34.6 Å². The zero-order chi connectivity index (χ0) is 27.1. The molecule has 0 aliphatic heterocycles. The fraction of sp³-hybridized carbons (Fsp3) is 0.750. The molecule has 0 saturated carbocycles. The third kappa shape index (κ3) is 14.9. The summed E-state index contributed by atoms with van der Waals surface area (Å²) in [5.74, 6) is -2.65. The lowest BCUT2D eigenvalue weighted by molar-refractivity contribution is -0.135. The van der Waals surface area contributed by atoms with E-state index in [1.54, 1.807) is 20.8 Å². The summed E-state index contributed by atoms with van der Waals surface area (Å²) in [6, 6.07) is -1.66. The maximum absolute atomic E-state index is 12.4. The minimum absolute atomic E-state index is 0.0896. The second-order valence-corrected chi connectivity index (χ2v) is 9.44. The highest BCUT2D eigenvalue weighted by Crippen LogP contribution is 2.06. The highest BCUT2D eigenvalue weighted by molar-refractivity contribution is 5.93. The zero-order valence-electron chi connectivity index (χ0n) is 22.0. The topological polar surface area (TPSA) is 160 Å². The summed E-state index contributed by atoms with van der Waals surface area (Å²) in [4.78, 5) is 71.9. The SMILES string of the molecule is CC(C)CC(=O)NCCNC(=O)C(C)NC(=O)C(C)CC(=O)C(C)NC(=O)COCC(=O)C(C)C. The van der Waals surface area contributed by atoms with E-state index in [0.717, 1.165) is 0 Å². The first-order valence-electron chi connectivity index (χ1n) is 12.0. The smallest absolute Gasteiger partial charge is 0.246 e. The van der Waals surface area contributed by atoms with Gasteiger partial charge < -0.3 is 26.0 Å². The van der Waals surface area contributed by atoms with Gasteiger partial charge in [0.2, 0.25) is 23.6 Å². The van der Waals surface area contributed by atoms with Crippen molar-refractivity contribution in [1.29, 1.82) is 0 Å². The number of ketones is 2. The van der Waals surface area contributed by atoms with E-state index in [1.165, 1.54) is 13.8 Å². The number of Topliss-reactive ketones (excluding diaryl/α,β-unsaturated/α-hetero) is 2. The lowest BCUT2D eigenvalue weighted by Gasteiger charge is -2.19. The molecule has 0 spiro atoms. The number of amides is 4.